The number of nitrogens with two attached hydrogens (primary N) is 1. The molecule has 1 unspecified atom stereocenters. The number of aliphatic hydroxyl groups is 4. The molecule has 6 aromatic heterocycles. The van der Waals surface area contributed by atoms with E-state index >= 15 is 0 Å². The fourth-order valence-electron chi connectivity index (χ4n) is 11.5. The summed E-state index contributed by atoms with van der Waals surface area (Å²) < 4.78 is 127. The summed E-state index contributed by atoms with van der Waals surface area (Å²) in [4.78, 5) is 84.0. The molecule has 6 heterocycles. The first-order valence-corrected chi connectivity index (χ1v) is 56.1. The van der Waals surface area contributed by atoms with Crippen LogP contribution >= 0.6 is 47.4 Å². The van der Waals surface area contributed by atoms with Gasteiger partial charge in [0.15, 0.2) is 0 Å². The fraction of sp³-hybridized carbons (Fsp3) is 0.464. The molecule has 3 aliphatic carbocycles. The molecular weight excluding hydrogens is 1790 g/mol. The summed E-state index contributed by atoms with van der Waals surface area (Å²) in [6, 6.07) is 12.6. The number of carbonyl (C=O) groups excluding carboxylic acids is 4. The van der Waals surface area contributed by atoms with Crippen molar-refractivity contribution >= 4 is 162 Å². The van der Waals surface area contributed by atoms with Gasteiger partial charge in [0, 0.05) is 86.4 Å². The number of rotatable bonds is 23. The molecule has 117 heavy (non-hydrogen) atoms. The van der Waals surface area contributed by atoms with Gasteiger partial charge in [-0.05, 0) is 148 Å². The number of anilines is 3. The van der Waals surface area contributed by atoms with Gasteiger partial charge in [-0.15, -0.1) is 26.3 Å². The second kappa shape index (κ2) is 53.3. The average molecular weight is 1870 g/mol. The zero-order valence-corrected chi connectivity index (χ0v) is 79.5. The summed E-state index contributed by atoms with van der Waals surface area (Å²) in [5.74, 6) is -0.0313. The van der Waals surface area contributed by atoms with Crippen LogP contribution in [-0.2, 0) is 40.3 Å². The number of benzene rings is 2. The molecule has 0 saturated heterocycles. The standard InChI is InChI=1S/C22H22ClF3N6O6S.C20H27N5O4.C15H19N5O2.C8H5BrClF3O.C2H6O.C2H6.3K.HO4P/c23-16-2-1-12(5-19(16)38-22(24,25)26)9-32-4-3-17(31-32)20(34)15-8-28-11-29-21(15)30-14-6-13(18(33)7-14)10-37-39(27,35)36;1-12-7-14(8-13(12)10-26)23-18-15(9-21-11-22-18)17(27)16-5-6-25(24-16)19(28)29-20(2,3)4;1-9-4-11(5-10(9)7-21)19-15-12(6-16-8-17-15)14(22)13-2-3-18-20-13;9-4-5-1-2-6(10)7(3-5)14-8(11,12)13;1-2-3;1-2;;;;1-4-5(2)3/h1-5,8,11,13-14,18,33H,6-7,9-10H2,(H2,27,35,36)(H,28,29,30);5-6,9,11-14,26H,7-8,10H2,1-4H3,(H,21,22,23);2-3,6,8-11,21H,4-5,7H2,1H3,(H,18,20)(H,16,17,19);1-3H,4H2;3H,2H2,1H3;1-2H3;;;;1H/q;;;;;;;;+1;/p-1/t13-,14-,18+;12-,13+,14-;9-,10+,11-;;;;;;;/m100......./s1. The minimum absolute atomic E-state index is 0. The van der Waals surface area contributed by atoms with E-state index in [1.807, 2.05) is 13.8 Å². The molecule has 34 nitrogen and oxygen atoms in total. The monoisotopic (exact) mass is 1870 g/mol. The van der Waals surface area contributed by atoms with E-state index in [1.54, 1.807) is 39.8 Å². The van der Waals surface area contributed by atoms with Crippen LogP contribution in [-0.4, -0.2) is 244 Å². The number of carbonyl (C=O) groups is 4. The number of H-pyrrole nitrogens is 1. The number of halogens is 9. The van der Waals surface area contributed by atoms with Gasteiger partial charge in [0.25, 0.3) is 0 Å². The number of nitrogens with zero attached hydrogens (tertiary/aromatic N) is 11. The van der Waals surface area contributed by atoms with E-state index < -0.39 is 66.5 Å². The molecule has 0 spiro atoms. The Bertz CT molecular complexity index is 4540. The van der Waals surface area contributed by atoms with Crippen LogP contribution in [0.25, 0.3) is 0 Å². The third-order valence-corrected chi connectivity index (χ3v) is 18.4. The van der Waals surface area contributed by atoms with Gasteiger partial charge in [-0.1, -0.05) is 79.0 Å². The molecule has 0 aliphatic heterocycles. The molecule has 3 fully saturated rings. The number of ether oxygens (including phenoxy) is 3. The van der Waals surface area contributed by atoms with E-state index in [0.29, 0.717) is 63.5 Å². The van der Waals surface area contributed by atoms with Crippen molar-refractivity contribution in [2.75, 3.05) is 42.4 Å². The molecular formula is C69H85BrCl2F6K3N16O18PS. The van der Waals surface area contributed by atoms with Crippen molar-refractivity contribution in [3.63, 3.8) is 0 Å². The first-order chi connectivity index (χ1) is 54.7. The van der Waals surface area contributed by atoms with Crippen LogP contribution in [0.3, 0.4) is 0 Å². The number of aromatic nitrogens is 12. The molecule has 11 rings (SSSR count). The number of ketones is 3. The Morgan fingerprint density at radius 1 is 0.692 bits per heavy atom. The summed E-state index contributed by atoms with van der Waals surface area (Å²) in [7, 11) is -7.31. The molecule has 3 aliphatic rings. The first-order valence-electron chi connectivity index (χ1n) is 35.7. The summed E-state index contributed by atoms with van der Waals surface area (Å²) in [6.07, 6.45) is 5.62. The molecule has 3 saturated carbocycles. The van der Waals surface area contributed by atoms with E-state index in [2.05, 4.69) is 114 Å². The van der Waals surface area contributed by atoms with Crippen molar-refractivity contribution in [3.05, 3.63) is 166 Å². The van der Waals surface area contributed by atoms with Crippen molar-refractivity contribution < 1.29 is 164 Å². The molecule has 48 heteroatoms. The van der Waals surface area contributed by atoms with Gasteiger partial charge in [-0.2, -0.15) is 28.4 Å². The number of alkyl halides is 7. The minimum atomic E-state index is -4.91. The second-order valence-electron chi connectivity index (χ2n) is 26.1. The summed E-state index contributed by atoms with van der Waals surface area (Å²) in [5.41, 5.74) is 1.72. The maximum atomic E-state index is 13.2. The van der Waals surface area contributed by atoms with Crippen LogP contribution in [0, 0.1) is 29.6 Å². The topological polar surface area (TPSA) is 496 Å². The van der Waals surface area contributed by atoms with Gasteiger partial charge >= 0.3 is 152 Å². The van der Waals surface area contributed by atoms with E-state index in [-0.39, 0.29) is 171 Å². The Morgan fingerprint density at radius 2 is 1.11 bits per heavy atom. The number of nitrogens with one attached hydrogen (secondary N) is 4. The van der Waals surface area contributed by atoms with Crippen molar-refractivity contribution in [2.45, 2.75) is 148 Å². The van der Waals surface area contributed by atoms with Crippen molar-refractivity contribution in [3.8, 4) is 11.5 Å². The third-order valence-electron chi connectivity index (χ3n) is 16.6. The van der Waals surface area contributed by atoms with Crippen molar-refractivity contribution in [1.82, 2.24) is 59.7 Å². The van der Waals surface area contributed by atoms with Crippen LogP contribution in [0.1, 0.15) is 153 Å². The SMILES string of the molecule is CC.CCO.C[C@H]1C[C@H](Nc2ncncc2C(=O)c2ccn(C(=O)OC(C)(C)C)n2)C[C@@H]1CO.C[C@H]1C[C@H](Nc2ncncc2C(=O)c2ccn[nH]2)C[C@@H]1CO.FC(F)(F)Oc1cc(CBr)ccc1Cl.NS(=O)(=O)OC[C@H]1C[C@@H](Nc2ncncc2C(=O)c2ccn(Cc3ccc(Cl)c(OC(F)(F)F)c3)n2)C[C@@H]1O.O=[P+]([O-])O[O-].[K+].[K][K]. The van der Waals surface area contributed by atoms with E-state index in [0.717, 1.165) is 36.4 Å². The van der Waals surface area contributed by atoms with Crippen molar-refractivity contribution in [1.29, 1.82) is 0 Å². The predicted octanol–water partition coefficient (Wildman–Crippen LogP) is 5.73. The van der Waals surface area contributed by atoms with Gasteiger partial charge in [0.2, 0.25) is 17.3 Å². The fourth-order valence-corrected chi connectivity index (χ4v) is 12.5. The van der Waals surface area contributed by atoms with Crippen LogP contribution in [0.4, 0.5) is 48.6 Å². The van der Waals surface area contributed by atoms with Gasteiger partial charge in [0.1, 0.15) is 70.6 Å². The van der Waals surface area contributed by atoms with Crippen molar-refractivity contribution in [2.24, 2.45) is 34.7 Å². The average Bonchev–Trinajstić information content (AvgIpc) is 1.71. The van der Waals surface area contributed by atoms with Gasteiger partial charge in [-0.3, -0.25) is 28.3 Å². The zero-order chi connectivity index (χ0) is 86.8. The Morgan fingerprint density at radius 3 is 1.51 bits per heavy atom. The van der Waals surface area contributed by atoms with Crippen LogP contribution in [0.15, 0.2) is 111 Å². The van der Waals surface area contributed by atoms with Crippen LogP contribution < -0.4 is 92.1 Å². The number of hydrogen-bond donors (Lipinski definition) is 9. The van der Waals surface area contributed by atoms with E-state index in [4.69, 9.17) is 52.9 Å². The molecule has 10 atom stereocenters. The molecule has 2 aromatic carbocycles. The number of hydrogen-bond acceptors (Lipinski definition) is 30. The number of aliphatic hydroxyl groups excluding tert-OH is 4. The predicted molar refractivity (Wildman–Crippen MR) is 411 cm³/mol. The van der Waals surface area contributed by atoms with Crippen LogP contribution in [0.5, 0.6) is 11.5 Å². The summed E-state index contributed by atoms with van der Waals surface area (Å²) in [5, 5.41) is 74.7. The molecule has 626 valence electrons. The zero-order valence-electron chi connectivity index (χ0n) is 65.3. The Labute approximate surface area is 776 Å². The molecule has 0 bridgehead atoms. The van der Waals surface area contributed by atoms with E-state index in [1.165, 1.54) is 160 Å². The van der Waals surface area contributed by atoms with Gasteiger partial charge in [0.05, 0.1) is 46.0 Å². The Hall–Kier alpha value is -3.97. The van der Waals surface area contributed by atoms with E-state index in [9.17, 15) is 69.3 Å². The first kappa shape index (κ1) is 107. The molecule has 8 aromatic rings. The Balaban J connectivity index is 0.000000402. The molecule has 0 radical (unpaired) electrons. The molecule has 0 amide bonds. The quantitative estimate of drug-likeness (QED) is 0.00702. The third kappa shape index (κ3) is 38.0. The molecule has 10 N–H and O–H groups in total. The normalized spacial score (nSPS) is 18.7. The second-order valence-corrected chi connectivity index (χ2v) is 29.3. The Kier molecular flexibility index (Phi) is 48.8. The number of aromatic amines is 1. The van der Waals surface area contributed by atoms with Crippen LogP contribution in [0.2, 0.25) is 10.0 Å². The maximum absolute atomic E-state index is 13.2. The van der Waals surface area contributed by atoms with Gasteiger partial charge in [-0.25, -0.2) is 44.5 Å². The van der Waals surface area contributed by atoms with Gasteiger partial charge < -0.3 is 60.7 Å². The summed E-state index contributed by atoms with van der Waals surface area (Å²) >= 11 is 16.9. The summed E-state index contributed by atoms with van der Waals surface area (Å²) in [6.45, 7) is 15.5.